The lowest BCUT2D eigenvalue weighted by molar-refractivity contribution is 0.0931. The molecule has 4 rings (SSSR count). The summed E-state index contributed by atoms with van der Waals surface area (Å²) < 4.78 is 11.2. The van der Waals surface area contributed by atoms with Gasteiger partial charge in [0.25, 0.3) is 5.91 Å². The molecule has 2 aliphatic rings. The number of nitrogens with one attached hydrogen (secondary N) is 1. The van der Waals surface area contributed by atoms with Crippen LogP contribution in [0.25, 0.3) is 0 Å². The third-order valence-electron chi connectivity index (χ3n) is 4.45. The Morgan fingerprint density at radius 1 is 1.08 bits per heavy atom. The molecule has 1 atom stereocenters. The summed E-state index contributed by atoms with van der Waals surface area (Å²) in [5.74, 6) is 1.89. The lowest BCUT2D eigenvalue weighted by Gasteiger charge is -2.23. The van der Waals surface area contributed by atoms with Gasteiger partial charge in [0.05, 0.1) is 6.04 Å². The Morgan fingerprint density at radius 2 is 1.88 bits per heavy atom. The van der Waals surface area contributed by atoms with Crippen LogP contribution in [-0.2, 0) is 0 Å². The Balaban J connectivity index is 1.57. The van der Waals surface area contributed by atoms with Crippen LogP contribution in [0.4, 0.5) is 5.69 Å². The Kier molecular flexibility index (Phi) is 3.76. The minimum absolute atomic E-state index is 0.0187. The third kappa shape index (κ3) is 3.02. The van der Waals surface area contributed by atoms with Crippen molar-refractivity contribution in [2.24, 2.45) is 5.92 Å². The summed E-state index contributed by atoms with van der Waals surface area (Å²) in [7, 11) is 0. The molecule has 5 nitrogen and oxygen atoms in total. The Morgan fingerprint density at radius 3 is 2.62 bits per heavy atom. The van der Waals surface area contributed by atoms with E-state index in [1.165, 1.54) is 0 Å². The van der Waals surface area contributed by atoms with Crippen LogP contribution in [0.1, 0.15) is 34.8 Å². The van der Waals surface area contributed by atoms with Crippen molar-refractivity contribution in [2.75, 3.05) is 18.9 Å². The molecule has 2 aromatic carbocycles. The van der Waals surface area contributed by atoms with Crippen LogP contribution in [0, 0.1) is 5.92 Å². The van der Waals surface area contributed by atoms with Gasteiger partial charge in [0.15, 0.2) is 11.5 Å². The molecule has 24 heavy (non-hydrogen) atoms. The van der Waals surface area contributed by atoms with Crippen molar-refractivity contribution in [2.45, 2.75) is 18.9 Å². The number of hydrogen-bond acceptors (Lipinski definition) is 4. The topological polar surface area (TPSA) is 73.6 Å². The highest BCUT2D eigenvalue weighted by atomic mass is 16.6. The smallest absolute Gasteiger partial charge is 0.251 e. The first-order valence-electron chi connectivity index (χ1n) is 8.26. The molecule has 0 bridgehead atoms. The molecule has 0 spiro atoms. The number of hydrogen-bond donors (Lipinski definition) is 2. The quantitative estimate of drug-likeness (QED) is 0.848. The first kappa shape index (κ1) is 14.9. The van der Waals surface area contributed by atoms with Crippen LogP contribution in [0.15, 0.2) is 42.5 Å². The number of nitrogen functional groups attached to an aromatic ring is 1. The second-order valence-electron chi connectivity index (χ2n) is 6.32. The van der Waals surface area contributed by atoms with E-state index in [1.807, 2.05) is 18.2 Å². The van der Waals surface area contributed by atoms with E-state index in [9.17, 15) is 4.79 Å². The van der Waals surface area contributed by atoms with E-state index in [4.69, 9.17) is 15.2 Å². The molecule has 0 radical (unpaired) electrons. The fourth-order valence-electron chi connectivity index (χ4n) is 3.06. The van der Waals surface area contributed by atoms with Gasteiger partial charge in [-0.1, -0.05) is 12.1 Å². The normalized spacial score (nSPS) is 17.2. The van der Waals surface area contributed by atoms with Crippen LogP contribution >= 0.6 is 0 Å². The number of carbonyl (C=O) groups excluding carboxylic acids is 1. The summed E-state index contributed by atoms with van der Waals surface area (Å²) in [6.07, 6.45) is 2.24. The molecule has 2 aromatic rings. The molecule has 1 heterocycles. The molecule has 1 aliphatic heterocycles. The molecule has 1 amide bonds. The van der Waals surface area contributed by atoms with E-state index in [-0.39, 0.29) is 11.9 Å². The number of carbonyl (C=O) groups is 1. The molecule has 0 saturated heterocycles. The van der Waals surface area contributed by atoms with Crippen molar-refractivity contribution in [3.05, 3.63) is 53.6 Å². The van der Waals surface area contributed by atoms with E-state index < -0.39 is 0 Å². The molecule has 1 unspecified atom stereocenters. The molecule has 124 valence electrons. The van der Waals surface area contributed by atoms with Gasteiger partial charge < -0.3 is 20.5 Å². The van der Waals surface area contributed by atoms with Gasteiger partial charge in [0, 0.05) is 11.3 Å². The van der Waals surface area contributed by atoms with Crippen LogP contribution < -0.4 is 20.5 Å². The summed E-state index contributed by atoms with van der Waals surface area (Å²) in [4.78, 5) is 12.6. The number of anilines is 1. The number of nitrogens with two attached hydrogens (primary N) is 1. The van der Waals surface area contributed by atoms with Crippen molar-refractivity contribution < 1.29 is 14.3 Å². The zero-order valence-corrected chi connectivity index (χ0v) is 13.3. The van der Waals surface area contributed by atoms with Crippen molar-refractivity contribution in [1.29, 1.82) is 0 Å². The first-order chi connectivity index (χ1) is 11.7. The third-order valence-corrected chi connectivity index (χ3v) is 4.45. The van der Waals surface area contributed by atoms with Crippen molar-refractivity contribution in [3.63, 3.8) is 0 Å². The van der Waals surface area contributed by atoms with Gasteiger partial charge in [-0.15, -0.1) is 0 Å². The SMILES string of the molecule is Nc1cccc(C(=O)NC(c2ccc3c(c2)OCCO3)C2CC2)c1. The predicted octanol–water partition coefficient (Wildman–Crippen LogP) is 2.92. The van der Waals surface area contributed by atoms with E-state index in [1.54, 1.807) is 24.3 Å². The Hall–Kier alpha value is -2.69. The van der Waals surface area contributed by atoms with Gasteiger partial charge >= 0.3 is 0 Å². The van der Waals surface area contributed by atoms with Crippen LogP contribution in [0.5, 0.6) is 11.5 Å². The summed E-state index contributed by atoms with van der Waals surface area (Å²) in [6.45, 7) is 1.13. The fourth-order valence-corrected chi connectivity index (χ4v) is 3.06. The predicted molar refractivity (Wildman–Crippen MR) is 91.2 cm³/mol. The Labute approximate surface area is 140 Å². The number of ether oxygens (including phenoxy) is 2. The number of rotatable bonds is 4. The number of fused-ring (bicyclic) bond motifs is 1. The molecule has 1 fully saturated rings. The molecule has 3 N–H and O–H groups in total. The molecule has 1 saturated carbocycles. The average Bonchev–Trinajstić information content (AvgIpc) is 3.44. The van der Waals surface area contributed by atoms with Gasteiger partial charge in [0.2, 0.25) is 0 Å². The summed E-state index contributed by atoms with van der Waals surface area (Å²) in [6, 6.07) is 12.9. The zero-order chi connectivity index (χ0) is 16.5. The standard InChI is InChI=1S/C19H20N2O3/c20-15-3-1-2-14(10-15)19(22)21-18(12-4-5-12)13-6-7-16-17(11-13)24-9-8-23-16/h1-3,6-7,10-12,18H,4-5,8-9,20H2,(H,21,22). The molecule has 1 aliphatic carbocycles. The maximum atomic E-state index is 12.6. The molecular weight excluding hydrogens is 304 g/mol. The number of amides is 1. The molecular formula is C19H20N2O3. The van der Waals surface area contributed by atoms with E-state index in [0.717, 1.165) is 29.9 Å². The van der Waals surface area contributed by atoms with Crippen LogP contribution in [0.2, 0.25) is 0 Å². The maximum Gasteiger partial charge on any atom is 0.251 e. The van der Waals surface area contributed by atoms with Crippen LogP contribution in [-0.4, -0.2) is 19.1 Å². The van der Waals surface area contributed by atoms with Gasteiger partial charge in [-0.25, -0.2) is 0 Å². The number of benzene rings is 2. The monoisotopic (exact) mass is 324 g/mol. The average molecular weight is 324 g/mol. The molecule has 0 aromatic heterocycles. The van der Waals surface area contributed by atoms with Gasteiger partial charge in [-0.05, 0) is 54.7 Å². The summed E-state index contributed by atoms with van der Waals surface area (Å²) >= 11 is 0. The minimum Gasteiger partial charge on any atom is -0.486 e. The van der Waals surface area contributed by atoms with Gasteiger partial charge in [-0.2, -0.15) is 0 Å². The van der Waals surface area contributed by atoms with E-state index >= 15 is 0 Å². The summed E-state index contributed by atoms with van der Waals surface area (Å²) in [5.41, 5.74) is 8.00. The molecule has 5 heteroatoms. The van der Waals surface area contributed by atoms with Gasteiger partial charge in [-0.3, -0.25) is 4.79 Å². The second-order valence-corrected chi connectivity index (χ2v) is 6.32. The zero-order valence-electron chi connectivity index (χ0n) is 13.3. The van der Waals surface area contributed by atoms with Crippen molar-refractivity contribution in [3.8, 4) is 11.5 Å². The van der Waals surface area contributed by atoms with Gasteiger partial charge in [0.1, 0.15) is 13.2 Å². The van der Waals surface area contributed by atoms with E-state index in [0.29, 0.717) is 30.4 Å². The lowest BCUT2D eigenvalue weighted by Crippen LogP contribution is -2.30. The largest absolute Gasteiger partial charge is 0.486 e. The van der Waals surface area contributed by atoms with Crippen LogP contribution in [0.3, 0.4) is 0 Å². The highest BCUT2D eigenvalue weighted by Crippen LogP contribution is 2.43. The minimum atomic E-state index is -0.103. The Bertz CT molecular complexity index is 771. The van der Waals surface area contributed by atoms with Crippen molar-refractivity contribution >= 4 is 11.6 Å². The maximum absolute atomic E-state index is 12.6. The lowest BCUT2D eigenvalue weighted by atomic mass is 10.0. The highest BCUT2D eigenvalue weighted by molar-refractivity contribution is 5.95. The summed E-state index contributed by atoms with van der Waals surface area (Å²) in [5, 5.41) is 3.15. The second kappa shape index (κ2) is 6.07. The van der Waals surface area contributed by atoms with Crippen molar-refractivity contribution in [1.82, 2.24) is 5.32 Å². The fraction of sp³-hybridized carbons (Fsp3) is 0.316. The van der Waals surface area contributed by atoms with E-state index in [2.05, 4.69) is 5.32 Å². The first-order valence-corrected chi connectivity index (χ1v) is 8.26. The highest BCUT2D eigenvalue weighted by Gasteiger charge is 2.34.